The molecule has 0 saturated carbocycles. The van der Waals surface area contributed by atoms with Gasteiger partial charge in [0.1, 0.15) is 0 Å². The van der Waals surface area contributed by atoms with Crippen molar-refractivity contribution in [2.45, 2.75) is 0 Å². The van der Waals surface area contributed by atoms with Gasteiger partial charge < -0.3 is 10.2 Å². The van der Waals surface area contributed by atoms with Gasteiger partial charge >= 0.3 is 11.9 Å². The second kappa shape index (κ2) is 2.79. The molecule has 8 heavy (non-hydrogen) atoms. The van der Waals surface area contributed by atoms with E-state index >= 15 is 0 Å². The summed E-state index contributed by atoms with van der Waals surface area (Å²) < 4.78 is 0. The van der Waals surface area contributed by atoms with Crippen molar-refractivity contribution in [1.29, 1.82) is 0 Å². The first-order chi connectivity index (χ1) is 3.63. The fourth-order valence-corrected chi connectivity index (χ4v) is 0.143. The van der Waals surface area contributed by atoms with Crippen LogP contribution in [0, 0.1) is 0 Å². The largest absolute Gasteiger partial charge is 0.478 e. The second-order valence-electron chi connectivity index (χ2n) is 1.01. The van der Waals surface area contributed by atoms with E-state index in [2.05, 4.69) is 0 Å². The molecule has 0 radical (unpaired) electrons. The first kappa shape index (κ1) is 6.68. The first-order valence-corrected chi connectivity index (χ1v) is 1.77. The van der Waals surface area contributed by atoms with E-state index < -0.39 is 11.9 Å². The van der Waals surface area contributed by atoms with Gasteiger partial charge in [-0.1, -0.05) is 0 Å². The molecule has 0 aliphatic heterocycles. The van der Waals surface area contributed by atoms with E-state index in [0.29, 0.717) is 12.2 Å². The molecule has 0 fully saturated rings. The van der Waals surface area contributed by atoms with Gasteiger partial charge in [-0.05, 0) is 0 Å². The van der Waals surface area contributed by atoms with Crippen LogP contribution in [0.1, 0.15) is 0 Å². The van der Waals surface area contributed by atoms with Crippen LogP contribution in [-0.2, 0) is 9.59 Å². The fraction of sp³-hybridized carbons (Fsp3) is 0. The highest BCUT2D eigenvalue weighted by molar-refractivity contribution is 5.89. The average molecular weight is 118 g/mol. The molecule has 0 saturated heterocycles. The molecule has 0 aromatic rings. The number of carboxylic acids is 2. The van der Waals surface area contributed by atoms with E-state index in [0.717, 1.165) is 0 Å². The van der Waals surface area contributed by atoms with Crippen LogP contribution in [0.3, 0.4) is 0 Å². The fourth-order valence-electron chi connectivity index (χ4n) is 0.143. The summed E-state index contributed by atoms with van der Waals surface area (Å²) in [5.41, 5.74) is 0. The van der Waals surface area contributed by atoms with Gasteiger partial charge in [-0.2, -0.15) is 0 Å². The number of hydrogen-bond donors (Lipinski definition) is 2. The normalized spacial score (nSPS) is 9.50. The Balaban J connectivity index is 3.67. The summed E-state index contributed by atoms with van der Waals surface area (Å²) in [5.74, 6) is -2.51. The molecule has 0 aliphatic carbocycles. The van der Waals surface area contributed by atoms with Gasteiger partial charge in [0.15, 0.2) is 0 Å². The quantitative estimate of drug-likeness (QED) is 0.386. The standard InChI is InChI=1S/C4H4O4/c5-3(6)1-2-4(7)8/h1-2H,(H,5,6)(H,7,8)/b2-1-/i1+1,2+1. The van der Waals surface area contributed by atoms with Crippen LogP contribution >= 0.6 is 0 Å². The number of carboxylic acid groups (broad SMARTS) is 2. The lowest BCUT2D eigenvalue weighted by Gasteiger charge is -1.74. The minimum atomic E-state index is -1.26. The number of hydrogen-bond acceptors (Lipinski definition) is 2. The van der Waals surface area contributed by atoms with Crippen molar-refractivity contribution in [2.24, 2.45) is 0 Å². The molecule has 0 unspecified atom stereocenters. The van der Waals surface area contributed by atoms with E-state index in [4.69, 9.17) is 10.2 Å². The smallest absolute Gasteiger partial charge is 0.328 e. The Hall–Kier alpha value is -1.32. The molecule has 0 aliphatic rings. The van der Waals surface area contributed by atoms with E-state index in [1.54, 1.807) is 0 Å². The molecule has 0 amide bonds. The second-order valence-corrected chi connectivity index (χ2v) is 1.01. The van der Waals surface area contributed by atoms with Gasteiger partial charge in [0.2, 0.25) is 0 Å². The van der Waals surface area contributed by atoms with E-state index in [9.17, 15) is 9.59 Å². The average Bonchev–Trinajstić information content (AvgIpc) is 1.61. The van der Waals surface area contributed by atoms with E-state index in [1.165, 1.54) is 0 Å². The highest BCUT2D eigenvalue weighted by Crippen LogP contribution is 1.70. The molecule has 0 bridgehead atoms. The molecule has 0 spiro atoms. The number of rotatable bonds is 2. The lowest BCUT2D eigenvalue weighted by atomic mass is 11.0. The maximum Gasteiger partial charge on any atom is 0.328 e. The number of aliphatic carboxylic acids is 2. The summed E-state index contributed by atoms with van der Waals surface area (Å²) in [7, 11) is 0. The maximum atomic E-state index is 9.55. The van der Waals surface area contributed by atoms with E-state index in [1.807, 2.05) is 0 Å². The lowest BCUT2D eigenvalue weighted by Crippen LogP contribution is -1.91. The van der Waals surface area contributed by atoms with Crippen molar-refractivity contribution in [3.05, 3.63) is 12.2 Å². The zero-order valence-electron chi connectivity index (χ0n) is 3.87. The van der Waals surface area contributed by atoms with Crippen molar-refractivity contribution in [1.82, 2.24) is 0 Å². The Labute approximate surface area is 45.1 Å². The summed E-state index contributed by atoms with van der Waals surface area (Å²) in [5, 5.41) is 15.6. The summed E-state index contributed by atoms with van der Waals surface area (Å²) in [6.07, 6.45) is 1.12. The Morgan fingerprint density at radius 2 is 1.25 bits per heavy atom. The van der Waals surface area contributed by atoms with Gasteiger partial charge in [-0.25, -0.2) is 9.59 Å². The minimum Gasteiger partial charge on any atom is -0.478 e. The molecular weight excluding hydrogens is 114 g/mol. The molecule has 44 valence electrons. The third-order valence-corrected chi connectivity index (χ3v) is 0.368. The van der Waals surface area contributed by atoms with Crippen molar-refractivity contribution < 1.29 is 19.8 Å². The van der Waals surface area contributed by atoms with E-state index in [-0.39, 0.29) is 0 Å². The van der Waals surface area contributed by atoms with Crippen LogP contribution in [-0.4, -0.2) is 22.2 Å². The predicted molar refractivity (Wildman–Crippen MR) is 24.4 cm³/mol. The van der Waals surface area contributed by atoms with Crippen LogP contribution < -0.4 is 0 Å². The minimum absolute atomic E-state index is 0.558. The Morgan fingerprint density at radius 1 is 1.00 bits per heavy atom. The van der Waals surface area contributed by atoms with Crippen LogP contribution in [0.4, 0.5) is 0 Å². The Kier molecular flexibility index (Phi) is 2.33. The SMILES string of the molecule is O=C(O)/[13CH]=[13CH]\C(=O)O. The van der Waals surface area contributed by atoms with Crippen molar-refractivity contribution in [2.75, 3.05) is 0 Å². The number of carbonyl (C=O) groups is 2. The zero-order valence-corrected chi connectivity index (χ0v) is 3.87. The van der Waals surface area contributed by atoms with Gasteiger partial charge in [-0.15, -0.1) is 0 Å². The topological polar surface area (TPSA) is 74.6 Å². The van der Waals surface area contributed by atoms with Crippen LogP contribution in [0.25, 0.3) is 0 Å². The molecule has 4 heteroatoms. The summed E-state index contributed by atoms with van der Waals surface area (Å²) >= 11 is 0. The van der Waals surface area contributed by atoms with Gasteiger partial charge in [-0.3, -0.25) is 0 Å². The molecule has 0 rings (SSSR count). The molecule has 2 N–H and O–H groups in total. The third kappa shape index (κ3) is 4.68. The van der Waals surface area contributed by atoms with Gasteiger partial charge in [0, 0.05) is 12.2 Å². The van der Waals surface area contributed by atoms with Crippen molar-refractivity contribution in [3.63, 3.8) is 0 Å². The highest BCUT2D eigenvalue weighted by atomic mass is 16.4. The summed E-state index contributed by atoms with van der Waals surface area (Å²) in [4.78, 5) is 19.1. The van der Waals surface area contributed by atoms with Crippen LogP contribution in [0.5, 0.6) is 0 Å². The highest BCUT2D eigenvalue weighted by Gasteiger charge is 1.88. The van der Waals surface area contributed by atoms with Crippen LogP contribution in [0.15, 0.2) is 12.2 Å². The molecule has 0 aromatic heterocycles. The van der Waals surface area contributed by atoms with Gasteiger partial charge in [0.25, 0.3) is 0 Å². The Bertz CT molecular complexity index is 119. The van der Waals surface area contributed by atoms with Crippen LogP contribution in [0.2, 0.25) is 0 Å². The summed E-state index contributed by atoms with van der Waals surface area (Å²) in [6, 6.07) is 0. The molecule has 0 heterocycles. The zero-order chi connectivity index (χ0) is 6.57. The predicted octanol–water partition coefficient (Wildman–Crippen LogP) is -0.288. The lowest BCUT2D eigenvalue weighted by molar-refractivity contribution is -0.134. The Morgan fingerprint density at radius 3 is 1.38 bits per heavy atom. The molecule has 0 atom stereocenters. The third-order valence-electron chi connectivity index (χ3n) is 0.368. The van der Waals surface area contributed by atoms with Crippen molar-refractivity contribution >= 4 is 11.9 Å². The van der Waals surface area contributed by atoms with Crippen molar-refractivity contribution in [3.8, 4) is 0 Å². The summed E-state index contributed by atoms with van der Waals surface area (Å²) in [6.45, 7) is 0. The monoisotopic (exact) mass is 118 g/mol. The molecular formula is C4H4O4. The van der Waals surface area contributed by atoms with Gasteiger partial charge in [0.05, 0.1) is 0 Å². The molecule has 0 aromatic carbocycles. The maximum absolute atomic E-state index is 9.55. The molecule has 4 nitrogen and oxygen atoms in total. The first-order valence-electron chi connectivity index (χ1n) is 1.77.